The SMILES string of the molecule is C/C(=N\OC=O)c1ccc(N)cc1. The zero-order valence-electron chi connectivity index (χ0n) is 7.23. The van der Waals surface area contributed by atoms with Crippen LogP contribution in [0.25, 0.3) is 0 Å². The molecular formula is C9H10N2O2. The van der Waals surface area contributed by atoms with Gasteiger partial charge in [-0.15, -0.1) is 0 Å². The van der Waals surface area contributed by atoms with Gasteiger partial charge in [0.05, 0.1) is 5.71 Å². The van der Waals surface area contributed by atoms with Gasteiger partial charge in [-0.2, -0.15) is 0 Å². The molecule has 0 aliphatic carbocycles. The first-order valence-electron chi connectivity index (χ1n) is 3.74. The summed E-state index contributed by atoms with van der Waals surface area (Å²) in [5.74, 6) is 0. The predicted octanol–water partition coefficient (Wildman–Crippen LogP) is 1.17. The summed E-state index contributed by atoms with van der Waals surface area (Å²) in [6.45, 7) is 2.02. The second kappa shape index (κ2) is 4.25. The maximum Gasteiger partial charge on any atom is 0.323 e. The molecule has 1 aromatic rings. The van der Waals surface area contributed by atoms with E-state index in [0.717, 1.165) is 5.56 Å². The molecule has 1 aromatic carbocycles. The summed E-state index contributed by atoms with van der Waals surface area (Å²) < 4.78 is 0. The monoisotopic (exact) mass is 178 g/mol. The fraction of sp³-hybridized carbons (Fsp3) is 0.111. The number of benzene rings is 1. The van der Waals surface area contributed by atoms with Crippen LogP contribution in [0.4, 0.5) is 5.69 Å². The molecule has 0 heterocycles. The molecule has 4 heteroatoms. The van der Waals surface area contributed by atoms with E-state index in [-0.39, 0.29) is 6.47 Å². The number of nitrogens with two attached hydrogens (primary N) is 1. The molecule has 13 heavy (non-hydrogen) atoms. The number of anilines is 1. The molecule has 1 rings (SSSR count). The minimum absolute atomic E-state index is 0.279. The van der Waals surface area contributed by atoms with Gasteiger partial charge in [-0.25, -0.2) is 0 Å². The number of hydrogen-bond donors (Lipinski definition) is 1. The Bertz CT molecular complexity index is 317. The number of hydrogen-bond acceptors (Lipinski definition) is 4. The van der Waals surface area contributed by atoms with Gasteiger partial charge in [0.15, 0.2) is 0 Å². The Kier molecular flexibility index (Phi) is 3.03. The Morgan fingerprint density at radius 3 is 2.62 bits per heavy atom. The fourth-order valence-electron chi connectivity index (χ4n) is 0.878. The summed E-state index contributed by atoms with van der Waals surface area (Å²) in [5, 5.41) is 3.55. The molecule has 0 bridgehead atoms. The second-order valence-electron chi connectivity index (χ2n) is 2.50. The van der Waals surface area contributed by atoms with Crippen LogP contribution in [0.3, 0.4) is 0 Å². The lowest BCUT2D eigenvalue weighted by Gasteiger charge is -1.98. The standard InChI is InChI=1S/C9H10N2O2/c1-7(11-13-6-12)8-2-4-9(10)5-3-8/h2-6H,10H2,1H3/b11-7+. The third kappa shape index (κ3) is 2.59. The Hall–Kier alpha value is -1.84. The Morgan fingerprint density at radius 2 is 2.08 bits per heavy atom. The van der Waals surface area contributed by atoms with Crippen molar-refractivity contribution in [1.82, 2.24) is 0 Å². The summed E-state index contributed by atoms with van der Waals surface area (Å²) in [5.41, 5.74) is 7.69. The molecule has 0 spiro atoms. The van der Waals surface area contributed by atoms with Crippen LogP contribution in [0.15, 0.2) is 29.4 Å². The van der Waals surface area contributed by atoms with Crippen molar-refractivity contribution in [3.8, 4) is 0 Å². The molecule has 68 valence electrons. The molecular weight excluding hydrogens is 168 g/mol. The largest absolute Gasteiger partial charge is 0.399 e. The van der Waals surface area contributed by atoms with E-state index in [1.165, 1.54) is 0 Å². The van der Waals surface area contributed by atoms with Crippen LogP contribution in [-0.4, -0.2) is 12.2 Å². The average molecular weight is 178 g/mol. The number of oxime groups is 1. The van der Waals surface area contributed by atoms with Gasteiger partial charge in [0, 0.05) is 5.69 Å². The van der Waals surface area contributed by atoms with Crippen molar-refractivity contribution in [1.29, 1.82) is 0 Å². The first-order chi connectivity index (χ1) is 6.24. The van der Waals surface area contributed by atoms with E-state index in [1.807, 2.05) is 12.1 Å². The predicted molar refractivity (Wildman–Crippen MR) is 50.2 cm³/mol. The average Bonchev–Trinajstić information content (AvgIpc) is 2.15. The lowest BCUT2D eigenvalue weighted by atomic mass is 10.1. The van der Waals surface area contributed by atoms with Gasteiger partial charge in [0.1, 0.15) is 0 Å². The summed E-state index contributed by atoms with van der Waals surface area (Å²) >= 11 is 0. The topological polar surface area (TPSA) is 64.7 Å². The Balaban J connectivity index is 2.82. The van der Waals surface area contributed by atoms with Gasteiger partial charge < -0.3 is 10.6 Å². The molecule has 0 aliphatic heterocycles. The van der Waals surface area contributed by atoms with E-state index in [2.05, 4.69) is 9.99 Å². The molecule has 0 saturated heterocycles. The normalized spacial score (nSPS) is 11.0. The molecule has 0 radical (unpaired) electrons. The van der Waals surface area contributed by atoms with Crippen LogP contribution in [0.2, 0.25) is 0 Å². The quantitative estimate of drug-likeness (QED) is 0.248. The summed E-state index contributed by atoms with van der Waals surface area (Å²) in [4.78, 5) is 14.1. The third-order valence-electron chi connectivity index (χ3n) is 1.56. The van der Waals surface area contributed by atoms with Gasteiger partial charge in [0.25, 0.3) is 0 Å². The van der Waals surface area contributed by atoms with E-state index in [4.69, 9.17) is 5.73 Å². The highest BCUT2D eigenvalue weighted by atomic mass is 16.7. The van der Waals surface area contributed by atoms with Crippen molar-refractivity contribution in [2.45, 2.75) is 6.92 Å². The molecule has 0 atom stereocenters. The Labute approximate surface area is 76.0 Å². The van der Waals surface area contributed by atoms with E-state index in [0.29, 0.717) is 11.4 Å². The van der Waals surface area contributed by atoms with Crippen LogP contribution >= 0.6 is 0 Å². The first-order valence-corrected chi connectivity index (χ1v) is 3.74. The molecule has 0 aliphatic rings. The second-order valence-corrected chi connectivity index (χ2v) is 2.50. The van der Waals surface area contributed by atoms with Crippen molar-refractivity contribution >= 4 is 17.9 Å². The van der Waals surface area contributed by atoms with Gasteiger partial charge in [-0.3, -0.25) is 4.79 Å². The third-order valence-corrected chi connectivity index (χ3v) is 1.56. The number of nitrogens with zero attached hydrogens (tertiary/aromatic N) is 1. The number of rotatable bonds is 3. The molecule has 0 unspecified atom stereocenters. The molecule has 0 saturated carbocycles. The lowest BCUT2D eigenvalue weighted by molar-refractivity contribution is -0.128. The lowest BCUT2D eigenvalue weighted by Crippen LogP contribution is -1.96. The van der Waals surface area contributed by atoms with E-state index in [9.17, 15) is 4.79 Å². The molecule has 4 nitrogen and oxygen atoms in total. The zero-order chi connectivity index (χ0) is 9.68. The maximum absolute atomic E-state index is 9.85. The van der Waals surface area contributed by atoms with Crippen molar-refractivity contribution in [2.75, 3.05) is 5.73 Å². The van der Waals surface area contributed by atoms with E-state index in [1.54, 1.807) is 19.1 Å². The minimum Gasteiger partial charge on any atom is -0.399 e. The van der Waals surface area contributed by atoms with Crippen molar-refractivity contribution in [3.63, 3.8) is 0 Å². The van der Waals surface area contributed by atoms with Crippen LogP contribution in [0, 0.1) is 0 Å². The highest BCUT2D eigenvalue weighted by molar-refractivity contribution is 5.98. The highest BCUT2D eigenvalue weighted by Gasteiger charge is 1.96. The van der Waals surface area contributed by atoms with Gasteiger partial charge >= 0.3 is 6.47 Å². The summed E-state index contributed by atoms with van der Waals surface area (Å²) in [6.07, 6.45) is 0. The van der Waals surface area contributed by atoms with Crippen molar-refractivity contribution in [3.05, 3.63) is 29.8 Å². The summed E-state index contributed by atoms with van der Waals surface area (Å²) in [6, 6.07) is 7.13. The van der Waals surface area contributed by atoms with Crippen molar-refractivity contribution in [2.24, 2.45) is 5.16 Å². The highest BCUT2D eigenvalue weighted by Crippen LogP contribution is 2.06. The van der Waals surface area contributed by atoms with Gasteiger partial charge in [-0.05, 0) is 24.6 Å². The van der Waals surface area contributed by atoms with E-state index >= 15 is 0 Å². The van der Waals surface area contributed by atoms with Crippen LogP contribution in [-0.2, 0) is 9.63 Å². The number of nitrogen functional groups attached to an aromatic ring is 1. The molecule has 0 aromatic heterocycles. The van der Waals surface area contributed by atoms with Crippen LogP contribution < -0.4 is 5.73 Å². The number of carbonyl (C=O) groups is 1. The Morgan fingerprint density at radius 1 is 1.46 bits per heavy atom. The zero-order valence-corrected chi connectivity index (χ0v) is 7.23. The minimum atomic E-state index is 0.279. The van der Waals surface area contributed by atoms with Gasteiger partial charge in [-0.1, -0.05) is 17.3 Å². The summed E-state index contributed by atoms with van der Waals surface area (Å²) in [7, 11) is 0. The molecule has 0 amide bonds. The number of carbonyl (C=O) groups excluding carboxylic acids is 1. The van der Waals surface area contributed by atoms with Crippen LogP contribution in [0.1, 0.15) is 12.5 Å². The fourth-order valence-corrected chi connectivity index (χ4v) is 0.878. The first kappa shape index (κ1) is 9.25. The maximum atomic E-state index is 9.85. The van der Waals surface area contributed by atoms with Gasteiger partial charge in [0.2, 0.25) is 0 Å². The smallest absolute Gasteiger partial charge is 0.323 e. The van der Waals surface area contributed by atoms with Crippen LogP contribution in [0.5, 0.6) is 0 Å². The molecule has 0 fully saturated rings. The van der Waals surface area contributed by atoms with E-state index < -0.39 is 0 Å². The van der Waals surface area contributed by atoms with Crippen molar-refractivity contribution < 1.29 is 9.63 Å². The molecule has 2 N–H and O–H groups in total.